The Labute approximate surface area is 128 Å². The molecule has 0 aliphatic rings. The zero-order chi connectivity index (χ0) is 16.7. The topological polar surface area (TPSA) is 50.4 Å². The van der Waals surface area contributed by atoms with Gasteiger partial charge in [-0.3, -0.25) is 0 Å². The predicted molar refractivity (Wildman–Crippen MR) is 78.7 cm³/mol. The maximum atomic E-state index is 13.5. The number of alkyl halides is 2. The van der Waals surface area contributed by atoms with E-state index < -0.39 is 24.2 Å². The van der Waals surface area contributed by atoms with Gasteiger partial charge in [0.2, 0.25) is 0 Å². The first-order valence-corrected chi connectivity index (χ1v) is 7.09. The maximum absolute atomic E-state index is 13.5. The molecule has 2 amide bonds. The SMILES string of the molecule is CC(C)CCC(C)NC(=O)Nc1ccc(OC(F)F)c(F)c1. The van der Waals surface area contributed by atoms with Gasteiger partial charge in [0, 0.05) is 17.8 Å². The summed E-state index contributed by atoms with van der Waals surface area (Å²) in [5.41, 5.74) is 0.160. The Morgan fingerprint density at radius 2 is 1.91 bits per heavy atom. The Hall–Kier alpha value is -1.92. The molecule has 1 aromatic rings. The van der Waals surface area contributed by atoms with E-state index in [9.17, 15) is 18.0 Å². The highest BCUT2D eigenvalue weighted by Gasteiger charge is 2.12. The van der Waals surface area contributed by atoms with E-state index in [1.54, 1.807) is 0 Å². The summed E-state index contributed by atoms with van der Waals surface area (Å²) in [7, 11) is 0. The molecule has 0 spiro atoms. The average Bonchev–Trinajstić information content (AvgIpc) is 2.39. The molecule has 7 heteroatoms. The van der Waals surface area contributed by atoms with Crippen molar-refractivity contribution in [2.75, 3.05) is 5.32 Å². The standard InChI is InChI=1S/C15H21F3N2O2/c1-9(2)4-5-10(3)19-15(21)20-11-6-7-13(12(16)8-11)22-14(17)18/h6-10,14H,4-5H2,1-3H3,(H2,19,20,21). The van der Waals surface area contributed by atoms with Gasteiger partial charge >= 0.3 is 12.6 Å². The number of carbonyl (C=O) groups excluding carboxylic acids is 1. The van der Waals surface area contributed by atoms with Crippen LogP contribution in [0.25, 0.3) is 0 Å². The fourth-order valence-electron chi connectivity index (χ4n) is 1.82. The Morgan fingerprint density at radius 1 is 1.23 bits per heavy atom. The van der Waals surface area contributed by atoms with Gasteiger partial charge in [0.25, 0.3) is 0 Å². The molecular weight excluding hydrogens is 297 g/mol. The summed E-state index contributed by atoms with van der Waals surface area (Å²) in [4.78, 5) is 11.7. The fraction of sp³-hybridized carbons (Fsp3) is 0.533. The molecule has 124 valence electrons. The summed E-state index contributed by atoms with van der Waals surface area (Å²) in [5, 5.41) is 5.18. The van der Waals surface area contributed by atoms with Crippen molar-refractivity contribution in [1.29, 1.82) is 0 Å². The van der Waals surface area contributed by atoms with Gasteiger partial charge in [0.15, 0.2) is 11.6 Å². The summed E-state index contributed by atoms with van der Waals surface area (Å²) < 4.78 is 41.5. The van der Waals surface area contributed by atoms with Crippen molar-refractivity contribution in [2.24, 2.45) is 5.92 Å². The smallest absolute Gasteiger partial charge is 0.387 e. The first kappa shape index (κ1) is 18.1. The second-order valence-electron chi connectivity index (χ2n) is 5.49. The number of rotatable bonds is 7. The lowest BCUT2D eigenvalue weighted by molar-refractivity contribution is -0.0521. The van der Waals surface area contributed by atoms with Crippen LogP contribution >= 0.6 is 0 Å². The number of anilines is 1. The largest absolute Gasteiger partial charge is 0.432 e. The number of amides is 2. The molecule has 22 heavy (non-hydrogen) atoms. The summed E-state index contributed by atoms with van der Waals surface area (Å²) in [6, 6.07) is 2.76. The number of benzene rings is 1. The molecule has 0 fully saturated rings. The molecule has 1 unspecified atom stereocenters. The van der Waals surface area contributed by atoms with E-state index in [1.807, 2.05) is 6.92 Å². The summed E-state index contributed by atoms with van der Waals surface area (Å²) >= 11 is 0. The third-order valence-electron chi connectivity index (χ3n) is 2.96. The number of halogens is 3. The molecule has 0 heterocycles. The Kier molecular flexibility index (Phi) is 7.01. The van der Waals surface area contributed by atoms with Crippen LogP contribution in [-0.2, 0) is 0 Å². The van der Waals surface area contributed by atoms with Crippen molar-refractivity contribution in [3.05, 3.63) is 24.0 Å². The highest BCUT2D eigenvalue weighted by molar-refractivity contribution is 5.89. The van der Waals surface area contributed by atoms with E-state index in [4.69, 9.17) is 0 Å². The van der Waals surface area contributed by atoms with Crippen LogP contribution in [0.2, 0.25) is 0 Å². The van der Waals surface area contributed by atoms with E-state index in [-0.39, 0.29) is 11.7 Å². The quantitative estimate of drug-likeness (QED) is 0.784. The molecule has 0 saturated heterocycles. The van der Waals surface area contributed by atoms with Crippen LogP contribution < -0.4 is 15.4 Å². The van der Waals surface area contributed by atoms with Crippen LogP contribution in [0, 0.1) is 11.7 Å². The molecule has 1 atom stereocenters. The van der Waals surface area contributed by atoms with Gasteiger partial charge in [-0.2, -0.15) is 8.78 Å². The first-order valence-electron chi connectivity index (χ1n) is 7.09. The minimum atomic E-state index is -3.10. The Bertz CT molecular complexity index is 496. The van der Waals surface area contributed by atoms with Crippen LogP contribution in [0.4, 0.5) is 23.7 Å². The molecule has 1 rings (SSSR count). The summed E-state index contributed by atoms with van der Waals surface area (Å²) in [5.74, 6) is -0.985. The molecule has 2 N–H and O–H groups in total. The highest BCUT2D eigenvalue weighted by Crippen LogP contribution is 2.22. The monoisotopic (exact) mass is 318 g/mol. The fourth-order valence-corrected chi connectivity index (χ4v) is 1.82. The van der Waals surface area contributed by atoms with Gasteiger partial charge in [0.05, 0.1) is 0 Å². The Morgan fingerprint density at radius 3 is 2.45 bits per heavy atom. The lowest BCUT2D eigenvalue weighted by atomic mass is 10.0. The van der Waals surface area contributed by atoms with Crippen LogP contribution in [-0.4, -0.2) is 18.7 Å². The van der Waals surface area contributed by atoms with Crippen molar-refractivity contribution < 1.29 is 22.7 Å². The van der Waals surface area contributed by atoms with Gasteiger partial charge in [-0.05, 0) is 37.8 Å². The molecule has 0 bridgehead atoms. The first-order chi connectivity index (χ1) is 10.3. The van der Waals surface area contributed by atoms with E-state index in [0.29, 0.717) is 5.92 Å². The number of hydrogen-bond donors (Lipinski definition) is 2. The van der Waals surface area contributed by atoms with Crippen LogP contribution in [0.1, 0.15) is 33.6 Å². The molecule has 0 aromatic heterocycles. The summed E-state index contributed by atoms with van der Waals surface area (Å²) in [6.45, 7) is 2.97. The molecule has 0 aliphatic carbocycles. The Balaban J connectivity index is 2.52. The average molecular weight is 318 g/mol. The second-order valence-corrected chi connectivity index (χ2v) is 5.49. The predicted octanol–water partition coefficient (Wildman–Crippen LogP) is 4.37. The van der Waals surface area contributed by atoms with Gasteiger partial charge in [-0.25, -0.2) is 9.18 Å². The van der Waals surface area contributed by atoms with Crippen LogP contribution in [0.3, 0.4) is 0 Å². The molecule has 1 aromatic carbocycles. The van der Waals surface area contributed by atoms with Crippen LogP contribution in [0.5, 0.6) is 5.75 Å². The number of urea groups is 1. The number of ether oxygens (including phenoxy) is 1. The van der Waals surface area contributed by atoms with Crippen molar-refractivity contribution in [1.82, 2.24) is 5.32 Å². The lowest BCUT2D eigenvalue weighted by Gasteiger charge is -2.16. The third-order valence-corrected chi connectivity index (χ3v) is 2.96. The zero-order valence-corrected chi connectivity index (χ0v) is 12.8. The summed E-state index contributed by atoms with van der Waals surface area (Å²) in [6.07, 6.45) is 1.82. The lowest BCUT2D eigenvalue weighted by Crippen LogP contribution is -2.36. The van der Waals surface area contributed by atoms with Crippen molar-refractivity contribution in [3.8, 4) is 5.75 Å². The number of nitrogens with one attached hydrogen (secondary N) is 2. The molecule has 0 aliphatic heterocycles. The number of carbonyl (C=O) groups is 1. The third kappa shape index (κ3) is 6.69. The normalized spacial score (nSPS) is 12.4. The molecule has 4 nitrogen and oxygen atoms in total. The zero-order valence-electron chi connectivity index (χ0n) is 12.8. The van der Waals surface area contributed by atoms with Gasteiger partial charge in [0.1, 0.15) is 0 Å². The molecule has 0 saturated carbocycles. The van der Waals surface area contributed by atoms with E-state index >= 15 is 0 Å². The minimum absolute atomic E-state index is 0.0197. The van der Waals surface area contributed by atoms with Gasteiger partial charge in [-0.15, -0.1) is 0 Å². The van der Waals surface area contributed by atoms with E-state index in [0.717, 1.165) is 25.0 Å². The molecular formula is C15H21F3N2O2. The van der Waals surface area contributed by atoms with Crippen LogP contribution in [0.15, 0.2) is 18.2 Å². The van der Waals surface area contributed by atoms with E-state index in [2.05, 4.69) is 29.2 Å². The maximum Gasteiger partial charge on any atom is 0.387 e. The van der Waals surface area contributed by atoms with Crippen molar-refractivity contribution in [2.45, 2.75) is 46.3 Å². The van der Waals surface area contributed by atoms with E-state index in [1.165, 1.54) is 6.07 Å². The highest BCUT2D eigenvalue weighted by atomic mass is 19.3. The minimum Gasteiger partial charge on any atom is -0.432 e. The van der Waals surface area contributed by atoms with Gasteiger partial charge in [-0.1, -0.05) is 13.8 Å². The van der Waals surface area contributed by atoms with Gasteiger partial charge < -0.3 is 15.4 Å². The molecule has 0 radical (unpaired) electrons. The van der Waals surface area contributed by atoms with Crippen molar-refractivity contribution >= 4 is 11.7 Å². The second kappa shape index (κ2) is 8.51. The van der Waals surface area contributed by atoms with Crippen molar-refractivity contribution in [3.63, 3.8) is 0 Å². The number of hydrogen-bond acceptors (Lipinski definition) is 2.